The first-order chi connectivity index (χ1) is 9.10. The van der Waals surface area contributed by atoms with Crippen molar-refractivity contribution in [2.45, 2.75) is 26.9 Å². The molecule has 0 aliphatic rings. The van der Waals surface area contributed by atoms with E-state index < -0.39 is 11.7 Å². The van der Waals surface area contributed by atoms with Crippen LogP contribution in [0, 0.1) is 5.82 Å². The van der Waals surface area contributed by atoms with E-state index in [1.54, 1.807) is 6.92 Å². The van der Waals surface area contributed by atoms with E-state index in [0.29, 0.717) is 6.42 Å². The minimum Gasteiger partial charge on any atom is -0.391 e. The summed E-state index contributed by atoms with van der Waals surface area (Å²) < 4.78 is 13.6. The van der Waals surface area contributed by atoms with E-state index in [9.17, 15) is 9.18 Å². The van der Waals surface area contributed by atoms with Gasteiger partial charge in [0.15, 0.2) is 0 Å². The molecule has 1 aromatic rings. The number of benzene rings is 1. The van der Waals surface area contributed by atoms with Gasteiger partial charge < -0.3 is 4.84 Å². The molecule has 1 amide bonds. The molecule has 0 heterocycles. The number of azide groups is 1. The van der Waals surface area contributed by atoms with Crippen LogP contribution < -0.4 is 0 Å². The highest BCUT2D eigenvalue weighted by atomic mass is 19.1. The highest BCUT2D eigenvalue weighted by Gasteiger charge is 2.14. The third kappa shape index (κ3) is 4.08. The number of carbonyl (C=O) groups excluding carboxylic acids is 1. The topological polar surface area (TPSA) is 87.4 Å². The second-order valence-corrected chi connectivity index (χ2v) is 3.71. The number of carbonyl (C=O) groups is 1. The molecule has 0 saturated carbocycles. The van der Waals surface area contributed by atoms with Gasteiger partial charge in [-0.1, -0.05) is 24.2 Å². The summed E-state index contributed by atoms with van der Waals surface area (Å²) in [5, 5.41) is 6.70. The molecule has 6 nitrogen and oxygen atoms in total. The minimum absolute atomic E-state index is 0.0209. The van der Waals surface area contributed by atoms with Gasteiger partial charge in [-0.15, -0.1) is 0 Å². The lowest BCUT2D eigenvalue weighted by Crippen LogP contribution is -2.04. The third-order valence-corrected chi connectivity index (χ3v) is 2.43. The van der Waals surface area contributed by atoms with Crippen molar-refractivity contribution in [3.05, 3.63) is 45.6 Å². The third-order valence-electron chi connectivity index (χ3n) is 2.43. The van der Waals surface area contributed by atoms with E-state index >= 15 is 0 Å². The molecule has 0 spiro atoms. The molecule has 100 valence electrons. The van der Waals surface area contributed by atoms with Crippen molar-refractivity contribution in [3.63, 3.8) is 0 Å². The van der Waals surface area contributed by atoms with E-state index in [2.05, 4.69) is 15.2 Å². The highest BCUT2D eigenvalue weighted by Crippen LogP contribution is 2.16. The Kier molecular flexibility index (Phi) is 5.50. The molecule has 0 fully saturated rings. The molecular weight excluding hydrogens is 251 g/mol. The number of nitrogens with zero attached hydrogens (tertiary/aromatic N) is 4. The van der Waals surface area contributed by atoms with E-state index in [0.717, 1.165) is 5.71 Å². The Morgan fingerprint density at radius 3 is 2.89 bits per heavy atom. The zero-order valence-corrected chi connectivity index (χ0v) is 10.6. The summed E-state index contributed by atoms with van der Waals surface area (Å²) in [6.45, 7) is 3.47. The van der Waals surface area contributed by atoms with Crippen molar-refractivity contribution in [2.24, 2.45) is 10.3 Å². The lowest BCUT2D eigenvalue weighted by atomic mass is 10.1. The fourth-order valence-corrected chi connectivity index (χ4v) is 1.27. The molecule has 0 unspecified atom stereocenters. The van der Waals surface area contributed by atoms with Crippen LogP contribution in [-0.2, 0) is 11.4 Å². The number of rotatable bonds is 5. The van der Waals surface area contributed by atoms with Crippen LogP contribution in [-0.4, -0.2) is 11.6 Å². The van der Waals surface area contributed by atoms with Gasteiger partial charge in [-0.3, -0.25) is 4.79 Å². The first kappa shape index (κ1) is 14.7. The molecule has 0 saturated heterocycles. The van der Waals surface area contributed by atoms with Gasteiger partial charge in [0.25, 0.3) is 0 Å². The Morgan fingerprint density at radius 2 is 2.26 bits per heavy atom. The fraction of sp³-hybridized carbons (Fsp3) is 0.333. The maximum atomic E-state index is 13.6. The first-order valence-corrected chi connectivity index (χ1v) is 5.62. The lowest BCUT2D eigenvalue weighted by molar-refractivity contribution is 0.0985. The molecule has 0 aliphatic carbocycles. The minimum atomic E-state index is -0.850. The summed E-state index contributed by atoms with van der Waals surface area (Å²) >= 11 is 0. The average Bonchev–Trinajstić information content (AvgIpc) is 2.40. The van der Waals surface area contributed by atoms with Crippen molar-refractivity contribution in [1.82, 2.24) is 0 Å². The smallest absolute Gasteiger partial charge is 0.249 e. The maximum Gasteiger partial charge on any atom is 0.249 e. The Labute approximate surface area is 109 Å². The summed E-state index contributed by atoms with van der Waals surface area (Å²) in [7, 11) is 0. The van der Waals surface area contributed by atoms with Gasteiger partial charge in [0.2, 0.25) is 5.91 Å². The number of hydrogen-bond donors (Lipinski definition) is 0. The van der Waals surface area contributed by atoms with Crippen molar-refractivity contribution in [1.29, 1.82) is 0 Å². The maximum absolute atomic E-state index is 13.6. The molecule has 0 bridgehead atoms. The summed E-state index contributed by atoms with van der Waals surface area (Å²) in [5.74, 6) is -1.46. The number of hydrogen-bond acceptors (Lipinski definition) is 3. The number of oxime groups is 1. The van der Waals surface area contributed by atoms with E-state index in [-0.39, 0.29) is 17.7 Å². The van der Waals surface area contributed by atoms with Gasteiger partial charge in [0.1, 0.15) is 12.4 Å². The summed E-state index contributed by atoms with van der Waals surface area (Å²) in [4.78, 5) is 18.9. The van der Waals surface area contributed by atoms with E-state index in [4.69, 9.17) is 10.4 Å². The fourth-order valence-electron chi connectivity index (χ4n) is 1.27. The van der Waals surface area contributed by atoms with Gasteiger partial charge in [-0.2, -0.15) is 0 Å². The van der Waals surface area contributed by atoms with Crippen LogP contribution in [0.4, 0.5) is 4.39 Å². The second kappa shape index (κ2) is 7.13. The van der Waals surface area contributed by atoms with Gasteiger partial charge >= 0.3 is 0 Å². The Hall–Kier alpha value is -2.40. The van der Waals surface area contributed by atoms with Crippen LogP contribution in [0.3, 0.4) is 0 Å². The van der Waals surface area contributed by atoms with Crippen molar-refractivity contribution < 1.29 is 14.0 Å². The average molecular weight is 264 g/mol. The lowest BCUT2D eigenvalue weighted by Gasteiger charge is -2.07. The van der Waals surface area contributed by atoms with Gasteiger partial charge in [0.05, 0.1) is 5.71 Å². The second-order valence-electron chi connectivity index (χ2n) is 3.71. The number of amides is 1. The van der Waals surface area contributed by atoms with Crippen LogP contribution in [0.1, 0.15) is 36.2 Å². The molecule has 0 aromatic heterocycles. The molecule has 1 rings (SSSR count). The molecule has 1 aromatic carbocycles. The first-order valence-electron chi connectivity index (χ1n) is 5.62. The zero-order chi connectivity index (χ0) is 14.3. The summed E-state index contributed by atoms with van der Waals surface area (Å²) in [5.41, 5.74) is 8.97. The van der Waals surface area contributed by atoms with Crippen LogP contribution in [0.2, 0.25) is 0 Å². The standard InChI is InChI=1S/C12H13FN4O2/c1-3-8(2)16-19-7-10-9(12(18)15-17-14)5-4-6-11(10)13/h4-6H,3,7H2,1-2H3. The Bertz CT molecular complexity index is 551. The van der Waals surface area contributed by atoms with Gasteiger partial charge in [-0.05, 0) is 30.1 Å². The largest absolute Gasteiger partial charge is 0.391 e. The van der Waals surface area contributed by atoms with Crippen LogP contribution in [0.25, 0.3) is 10.4 Å². The van der Waals surface area contributed by atoms with Crippen LogP contribution in [0.15, 0.2) is 28.5 Å². The molecular formula is C12H13FN4O2. The summed E-state index contributed by atoms with van der Waals surface area (Å²) in [6.07, 6.45) is 0.710. The van der Waals surface area contributed by atoms with Crippen molar-refractivity contribution in [2.75, 3.05) is 0 Å². The molecule has 0 atom stereocenters. The van der Waals surface area contributed by atoms with Gasteiger partial charge in [-0.25, -0.2) is 4.39 Å². The normalized spacial score (nSPS) is 10.8. The molecule has 7 heteroatoms. The zero-order valence-electron chi connectivity index (χ0n) is 10.6. The Morgan fingerprint density at radius 1 is 1.53 bits per heavy atom. The van der Waals surface area contributed by atoms with E-state index in [1.807, 2.05) is 6.92 Å². The predicted octanol–water partition coefficient (Wildman–Crippen LogP) is 3.58. The Balaban J connectivity index is 2.98. The van der Waals surface area contributed by atoms with E-state index in [1.165, 1.54) is 18.2 Å². The molecule has 0 aliphatic heterocycles. The van der Waals surface area contributed by atoms with Crippen LogP contribution in [0.5, 0.6) is 0 Å². The van der Waals surface area contributed by atoms with Gasteiger partial charge in [0, 0.05) is 16.0 Å². The molecule has 0 N–H and O–H groups in total. The quantitative estimate of drug-likeness (QED) is 0.267. The molecule has 19 heavy (non-hydrogen) atoms. The molecule has 0 radical (unpaired) electrons. The predicted molar refractivity (Wildman–Crippen MR) is 68.1 cm³/mol. The van der Waals surface area contributed by atoms with Crippen molar-refractivity contribution >= 4 is 11.6 Å². The number of halogens is 1. The SMILES string of the molecule is CCC(C)=NOCc1c(F)cccc1C(=O)N=[N+]=[N-]. The van der Waals surface area contributed by atoms with Crippen molar-refractivity contribution in [3.8, 4) is 0 Å². The highest BCUT2D eigenvalue weighted by molar-refractivity contribution is 5.96. The van der Waals surface area contributed by atoms with Crippen LogP contribution >= 0.6 is 0 Å². The monoisotopic (exact) mass is 264 g/mol. The summed E-state index contributed by atoms with van der Waals surface area (Å²) in [6, 6.07) is 3.93.